The van der Waals surface area contributed by atoms with Crippen LogP contribution in [0.2, 0.25) is 0 Å². The molecule has 0 aliphatic carbocycles. The van der Waals surface area contributed by atoms with Crippen molar-refractivity contribution in [2.75, 3.05) is 0 Å². The predicted molar refractivity (Wildman–Crippen MR) is 80.2 cm³/mol. The van der Waals surface area contributed by atoms with E-state index in [9.17, 15) is 4.79 Å². The second kappa shape index (κ2) is 5.52. The van der Waals surface area contributed by atoms with Gasteiger partial charge in [-0.15, -0.1) is 0 Å². The number of hydrogen-bond donors (Lipinski definition) is 0. The van der Waals surface area contributed by atoms with Crippen LogP contribution in [0.5, 0.6) is 0 Å². The number of benzene rings is 1. The van der Waals surface area contributed by atoms with Crippen molar-refractivity contribution in [2.24, 2.45) is 5.92 Å². The van der Waals surface area contributed by atoms with Crippen LogP contribution >= 0.6 is 0 Å². The Bertz CT molecular complexity index is 818. The smallest absolute Gasteiger partial charge is 0.251 e. The van der Waals surface area contributed by atoms with Crippen molar-refractivity contribution in [1.82, 2.24) is 14.7 Å². The Hall–Kier alpha value is -2.43. The fraction of sp³-hybridized carbons (Fsp3) is 0.312. The first-order chi connectivity index (χ1) is 10.1. The summed E-state index contributed by atoms with van der Waals surface area (Å²) in [6.07, 6.45) is 0.747. The molecule has 0 atom stereocenters. The maximum Gasteiger partial charge on any atom is 0.251 e. The number of fused-ring (bicyclic) bond motifs is 1. The number of rotatable bonds is 4. The molecule has 0 radical (unpaired) electrons. The van der Waals surface area contributed by atoms with Gasteiger partial charge < -0.3 is 9.09 Å². The maximum atomic E-state index is 12.1. The van der Waals surface area contributed by atoms with Crippen LogP contribution in [0.15, 0.2) is 45.7 Å². The summed E-state index contributed by atoms with van der Waals surface area (Å²) in [4.78, 5) is 16.5. The fourth-order valence-corrected chi connectivity index (χ4v) is 2.34. The minimum Gasteiger partial charge on any atom is -0.339 e. The van der Waals surface area contributed by atoms with Gasteiger partial charge in [-0.25, -0.2) is 0 Å². The van der Waals surface area contributed by atoms with Crippen LogP contribution < -0.4 is 5.56 Å². The van der Waals surface area contributed by atoms with Gasteiger partial charge >= 0.3 is 0 Å². The van der Waals surface area contributed by atoms with Crippen LogP contribution in [0.3, 0.4) is 0 Å². The normalized spacial score (nSPS) is 11.4. The Morgan fingerprint density at radius 2 is 2.00 bits per heavy atom. The van der Waals surface area contributed by atoms with Gasteiger partial charge in [-0.3, -0.25) is 4.79 Å². The molecule has 0 bridgehead atoms. The second-order valence-corrected chi connectivity index (χ2v) is 5.52. The van der Waals surface area contributed by atoms with E-state index in [0.29, 0.717) is 24.2 Å². The monoisotopic (exact) mass is 283 g/mol. The maximum absolute atomic E-state index is 12.1. The first kappa shape index (κ1) is 13.5. The van der Waals surface area contributed by atoms with Crippen LogP contribution in [0.4, 0.5) is 0 Å². The molecule has 1 aromatic carbocycles. The molecule has 3 rings (SSSR count). The molecule has 0 saturated heterocycles. The highest BCUT2D eigenvalue weighted by atomic mass is 16.5. The Kier molecular flexibility index (Phi) is 3.56. The highest BCUT2D eigenvalue weighted by molar-refractivity contribution is 5.78. The van der Waals surface area contributed by atoms with Crippen LogP contribution in [0.25, 0.3) is 10.9 Å². The van der Waals surface area contributed by atoms with E-state index in [0.717, 1.165) is 17.3 Å². The van der Waals surface area contributed by atoms with Gasteiger partial charge in [0.2, 0.25) is 5.89 Å². The van der Waals surface area contributed by atoms with Gasteiger partial charge in [-0.2, -0.15) is 4.98 Å². The summed E-state index contributed by atoms with van der Waals surface area (Å²) in [7, 11) is 0. The average Bonchev–Trinajstić information content (AvgIpc) is 2.88. The quantitative estimate of drug-likeness (QED) is 0.738. The SMILES string of the molecule is CC(C)Cc1nc(Cn2c(=O)ccc3ccccc32)no1. The molecule has 21 heavy (non-hydrogen) atoms. The van der Waals surface area contributed by atoms with Crippen LogP contribution in [-0.2, 0) is 13.0 Å². The van der Waals surface area contributed by atoms with E-state index in [2.05, 4.69) is 24.0 Å². The Morgan fingerprint density at radius 3 is 2.81 bits per heavy atom. The molecule has 0 fully saturated rings. The Balaban J connectivity index is 1.96. The van der Waals surface area contributed by atoms with Crippen LogP contribution in [0.1, 0.15) is 25.6 Å². The molecule has 0 aliphatic heterocycles. The van der Waals surface area contributed by atoms with Crippen molar-refractivity contribution in [3.8, 4) is 0 Å². The number of hydrogen-bond acceptors (Lipinski definition) is 4. The molecule has 108 valence electrons. The van der Waals surface area contributed by atoms with Crippen molar-refractivity contribution in [3.05, 3.63) is 58.5 Å². The van der Waals surface area contributed by atoms with Gasteiger partial charge in [0.1, 0.15) is 0 Å². The van der Waals surface area contributed by atoms with Gasteiger partial charge in [-0.05, 0) is 23.4 Å². The van der Waals surface area contributed by atoms with Crippen molar-refractivity contribution in [2.45, 2.75) is 26.8 Å². The molecular formula is C16H17N3O2. The van der Waals surface area contributed by atoms with Crippen molar-refractivity contribution >= 4 is 10.9 Å². The fourth-order valence-electron chi connectivity index (χ4n) is 2.34. The van der Waals surface area contributed by atoms with E-state index in [4.69, 9.17) is 4.52 Å². The minimum absolute atomic E-state index is 0.0658. The van der Waals surface area contributed by atoms with Gasteiger partial charge in [0, 0.05) is 12.5 Å². The average molecular weight is 283 g/mol. The molecule has 5 heteroatoms. The lowest BCUT2D eigenvalue weighted by Gasteiger charge is -2.07. The summed E-state index contributed by atoms with van der Waals surface area (Å²) < 4.78 is 6.89. The standard InChI is InChI=1S/C16H17N3O2/c1-11(2)9-15-17-14(18-21-15)10-19-13-6-4-3-5-12(13)7-8-16(19)20/h3-8,11H,9-10H2,1-2H3. The van der Waals surface area contributed by atoms with E-state index in [1.807, 2.05) is 30.3 Å². The van der Waals surface area contributed by atoms with Gasteiger partial charge in [0.15, 0.2) is 5.82 Å². The van der Waals surface area contributed by atoms with E-state index >= 15 is 0 Å². The third-order valence-corrected chi connectivity index (χ3v) is 3.29. The van der Waals surface area contributed by atoms with Gasteiger partial charge in [0.25, 0.3) is 5.56 Å². The molecule has 5 nitrogen and oxygen atoms in total. The zero-order chi connectivity index (χ0) is 14.8. The zero-order valence-corrected chi connectivity index (χ0v) is 12.1. The lowest BCUT2D eigenvalue weighted by Crippen LogP contribution is -2.20. The summed E-state index contributed by atoms with van der Waals surface area (Å²) in [6.45, 7) is 4.51. The molecule has 0 spiro atoms. The summed E-state index contributed by atoms with van der Waals surface area (Å²) in [5.74, 6) is 1.61. The molecule has 2 aromatic heterocycles. The molecule has 2 heterocycles. The second-order valence-electron chi connectivity index (χ2n) is 5.52. The van der Waals surface area contributed by atoms with Crippen LogP contribution in [-0.4, -0.2) is 14.7 Å². The summed E-state index contributed by atoms with van der Waals surface area (Å²) in [6, 6.07) is 11.2. The summed E-state index contributed by atoms with van der Waals surface area (Å²) in [5, 5.41) is 4.98. The third-order valence-electron chi connectivity index (χ3n) is 3.29. The summed E-state index contributed by atoms with van der Waals surface area (Å²) in [5.41, 5.74) is 0.809. The Labute approximate surface area is 122 Å². The number of para-hydroxylation sites is 1. The first-order valence-electron chi connectivity index (χ1n) is 7.03. The molecule has 0 amide bonds. The molecule has 3 aromatic rings. The highest BCUT2D eigenvalue weighted by Crippen LogP contribution is 2.12. The number of pyridine rings is 1. The number of nitrogens with zero attached hydrogens (tertiary/aromatic N) is 3. The van der Waals surface area contributed by atoms with Crippen LogP contribution in [0, 0.1) is 5.92 Å². The molecule has 0 aliphatic rings. The lowest BCUT2D eigenvalue weighted by molar-refractivity contribution is 0.358. The van der Waals surface area contributed by atoms with Gasteiger partial charge in [0.05, 0.1) is 12.1 Å². The van der Waals surface area contributed by atoms with E-state index in [1.54, 1.807) is 10.6 Å². The minimum atomic E-state index is -0.0658. The van der Waals surface area contributed by atoms with Crippen molar-refractivity contribution in [1.29, 1.82) is 0 Å². The molecule has 0 unspecified atom stereocenters. The summed E-state index contributed by atoms with van der Waals surface area (Å²) >= 11 is 0. The molecule has 0 N–H and O–H groups in total. The molecule has 0 saturated carbocycles. The molecular weight excluding hydrogens is 266 g/mol. The van der Waals surface area contributed by atoms with Crippen molar-refractivity contribution < 1.29 is 4.52 Å². The third kappa shape index (κ3) is 2.86. The zero-order valence-electron chi connectivity index (χ0n) is 12.1. The van der Waals surface area contributed by atoms with E-state index in [1.165, 1.54) is 0 Å². The van der Waals surface area contributed by atoms with Crippen molar-refractivity contribution in [3.63, 3.8) is 0 Å². The largest absolute Gasteiger partial charge is 0.339 e. The number of aromatic nitrogens is 3. The topological polar surface area (TPSA) is 60.9 Å². The first-order valence-corrected chi connectivity index (χ1v) is 7.03. The predicted octanol–water partition coefficient (Wildman–Crippen LogP) is 2.63. The lowest BCUT2D eigenvalue weighted by atomic mass is 10.1. The van der Waals surface area contributed by atoms with Gasteiger partial charge in [-0.1, -0.05) is 37.2 Å². The Morgan fingerprint density at radius 1 is 1.19 bits per heavy atom. The van der Waals surface area contributed by atoms with E-state index < -0.39 is 0 Å². The van der Waals surface area contributed by atoms with E-state index in [-0.39, 0.29) is 5.56 Å². The highest BCUT2D eigenvalue weighted by Gasteiger charge is 2.10.